The van der Waals surface area contributed by atoms with Crippen LogP contribution in [0.4, 0.5) is 0 Å². The maximum absolute atomic E-state index is 0. The third kappa shape index (κ3) is 37.4. The molecule has 0 bridgehead atoms. The molecule has 0 amide bonds. The molecule has 6 heavy (non-hydrogen) atoms. The van der Waals surface area contributed by atoms with E-state index in [0.29, 0.717) is 0 Å². The first-order chi connectivity index (χ1) is 0. The van der Waals surface area contributed by atoms with E-state index in [2.05, 4.69) is 0 Å². The van der Waals surface area contributed by atoms with Gasteiger partial charge in [0.15, 0.2) is 0 Å². The molecule has 0 N–H and O–H groups in total. The second-order valence-electron chi connectivity index (χ2n) is 0. The molecule has 0 aromatic carbocycles. The van der Waals surface area contributed by atoms with Gasteiger partial charge in [-0.1, -0.05) is 0 Å². The molecule has 0 rings (SSSR count). The molecule has 0 aromatic rings. The minimum Gasteiger partial charge on any atom is -0.147 e. The predicted molar refractivity (Wildman–Crippen MR) is 42.0 cm³/mol. The van der Waals surface area contributed by atoms with Crippen molar-refractivity contribution < 1.29 is 0 Å². The molecular weight excluding hydrogens is 252 g/mol. The van der Waals surface area contributed by atoms with Gasteiger partial charge in [-0.15, -0.1) is 62.0 Å². The van der Waals surface area contributed by atoms with Gasteiger partial charge >= 0.3 is 0 Å². The number of halogens is 5. The first-order valence-corrected chi connectivity index (χ1v) is 0. The van der Waals surface area contributed by atoms with Gasteiger partial charge in [0.25, 0.3) is 0 Å². The molecule has 45 valence electrons. The van der Waals surface area contributed by atoms with Gasteiger partial charge in [-0.05, 0) is 0 Å². The van der Waals surface area contributed by atoms with Crippen LogP contribution in [0, 0.1) is 0 Å². The van der Waals surface area contributed by atoms with Crippen LogP contribution in [0.25, 0.3) is 0 Å². The minimum absolute atomic E-state index is 0. The van der Waals surface area contributed by atoms with E-state index in [1.54, 1.807) is 0 Å². The Bertz CT molecular complexity index is 3.90. The summed E-state index contributed by atoms with van der Waals surface area (Å²) in [6, 6.07) is 0. The van der Waals surface area contributed by atoms with Crippen LogP contribution in [-0.4, -0.2) is 18.0 Å². The Labute approximate surface area is 79.6 Å². The SMILES string of the molecule is Cl.Cl.Cl.Cl.Cl.[As]. The van der Waals surface area contributed by atoms with Crippen LogP contribution < -0.4 is 0 Å². The van der Waals surface area contributed by atoms with Crippen molar-refractivity contribution in [3.8, 4) is 0 Å². The van der Waals surface area contributed by atoms with E-state index in [-0.39, 0.29) is 80.0 Å². The fourth-order valence-corrected chi connectivity index (χ4v) is 0. The van der Waals surface area contributed by atoms with Gasteiger partial charge in [0.05, 0.1) is 0 Å². The van der Waals surface area contributed by atoms with Crippen molar-refractivity contribution in [2.24, 2.45) is 0 Å². The molecule has 0 nitrogen and oxygen atoms in total. The number of hydrogen-bond acceptors (Lipinski definition) is 0. The van der Waals surface area contributed by atoms with E-state index >= 15 is 0 Å². The van der Waals surface area contributed by atoms with Gasteiger partial charge in [0.2, 0.25) is 0 Å². The van der Waals surface area contributed by atoms with E-state index in [9.17, 15) is 0 Å². The Kier molecular flexibility index (Phi) is 1020. The molecule has 0 fully saturated rings. The van der Waals surface area contributed by atoms with Gasteiger partial charge < -0.3 is 0 Å². The van der Waals surface area contributed by atoms with Crippen LogP contribution in [0.5, 0.6) is 0 Å². The summed E-state index contributed by atoms with van der Waals surface area (Å²) < 4.78 is 0. The smallest absolute Gasteiger partial charge is 0 e. The van der Waals surface area contributed by atoms with Gasteiger partial charge in [-0.2, -0.15) is 0 Å². The van der Waals surface area contributed by atoms with Crippen LogP contribution >= 0.6 is 62.0 Å². The zero-order valence-corrected chi connectivity index (χ0v) is 8.45. The Morgan fingerprint density at radius 2 is 0.333 bits per heavy atom. The third-order valence-electron chi connectivity index (χ3n) is 0. The summed E-state index contributed by atoms with van der Waals surface area (Å²) in [5, 5.41) is 0. The molecule has 0 saturated heterocycles. The standard InChI is InChI=1S/As.5ClH/h;5*1H. The summed E-state index contributed by atoms with van der Waals surface area (Å²) in [7, 11) is 0. The maximum atomic E-state index is 0. The van der Waals surface area contributed by atoms with E-state index in [1.807, 2.05) is 0 Å². The van der Waals surface area contributed by atoms with Crippen molar-refractivity contribution in [1.29, 1.82) is 0 Å². The maximum Gasteiger partial charge on any atom is 0 e. The summed E-state index contributed by atoms with van der Waals surface area (Å²) in [5.41, 5.74) is 0. The Balaban J connectivity index is 0. The van der Waals surface area contributed by atoms with Crippen LogP contribution in [0.2, 0.25) is 0 Å². The fraction of sp³-hybridized carbons (Fsp3) is 0. The monoisotopic (exact) mass is 255 g/mol. The fourth-order valence-electron chi connectivity index (χ4n) is 0. The molecule has 0 atom stereocenters. The summed E-state index contributed by atoms with van der Waals surface area (Å²) in [6.07, 6.45) is 0. The van der Waals surface area contributed by atoms with Gasteiger partial charge in [-0.25, -0.2) is 0 Å². The molecule has 0 unspecified atom stereocenters. The zero-order chi connectivity index (χ0) is 0. The van der Waals surface area contributed by atoms with Crippen LogP contribution in [0.3, 0.4) is 0 Å². The van der Waals surface area contributed by atoms with Gasteiger partial charge in [0, 0.05) is 18.0 Å². The van der Waals surface area contributed by atoms with E-state index in [1.165, 1.54) is 0 Å². The molecule has 0 spiro atoms. The predicted octanol–water partition coefficient (Wildman–Crippen LogP) is 1.73. The first kappa shape index (κ1) is 97.5. The molecule has 0 aromatic heterocycles. The normalized spacial score (nSPS) is 0. The Hall–Kier alpha value is 2.01. The largest absolute Gasteiger partial charge is 0.147 e. The summed E-state index contributed by atoms with van der Waals surface area (Å²) in [4.78, 5) is 0. The molecule has 0 heterocycles. The Morgan fingerprint density at radius 1 is 0.333 bits per heavy atom. The third-order valence-corrected chi connectivity index (χ3v) is 0. The van der Waals surface area contributed by atoms with Crippen molar-refractivity contribution in [2.45, 2.75) is 0 Å². The van der Waals surface area contributed by atoms with E-state index < -0.39 is 0 Å². The first-order valence-electron chi connectivity index (χ1n) is 0. The van der Waals surface area contributed by atoms with Gasteiger partial charge in [-0.3, -0.25) is 0 Å². The van der Waals surface area contributed by atoms with Crippen molar-refractivity contribution >= 4 is 80.0 Å². The molecule has 0 aliphatic carbocycles. The second-order valence-corrected chi connectivity index (χ2v) is 0. The molecule has 0 aliphatic heterocycles. The molecule has 3 radical (unpaired) electrons. The van der Waals surface area contributed by atoms with Crippen molar-refractivity contribution in [3.05, 3.63) is 0 Å². The average Bonchev–Trinajstić information content (AvgIpc) is 0. The molecule has 6 heteroatoms. The van der Waals surface area contributed by atoms with Crippen LogP contribution in [-0.2, 0) is 0 Å². The number of hydrogen-bond donors (Lipinski definition) is 0. The van der Waals surface area contributed by atoms with E-state index in [0.717, 1.165) is 0 Å². The Morgan fingerprint density at radius 3 is 0.333 bits per heavy atom. The van der Waals surface area contributed by atoms with E-state index in [4.69, 9.17) is 0 Å². The molecule has 0 aliphatic rings. The van der Waals surface area contributed by atoms with Crippen LogP contribution in [0.1, 0.15) is 0 Å². The zero-order valence-electron chi connectivity index (χ0n) is 2.49. The molecule has 0 saturated carbocycles. The minimum atomic E-state index is 0. The average molecular weight is 257 g/mol. The van der Waals surface area contributed by atoms with Crippen molar-refractivity contribution in [1.82, 2.24) is 0 Å². The van der Waals surface area contributed by atoms with Crippen LogP contribution in [0.15, 0.2) is 0 Å². The summed E-state index contributed by atoms with van der Waals surface area (Å²) in [6.45, 7) is 0. The second kappa shape index (κ2) is 62.7. The molecular formula is H5AsCl5. The summed E-state index contributed by atoms with van der Waals surface area (Å²) in [5.74, 6) is 0. The van der Waals surface area contributed by atoms with Crippen molar-refractivity contribution in [2.75, 3.05) is 0 Å². The quantitative estimate of drug-likeness (QED) is 0.580. The topological polar surface area (TPSA) is 0 Å². The van der Waals surface area contributed by atoms with Crippen molar-refractivity contribution in [3.63, 3.8) is 0 Å². The summed E-state index contributed by atoms with van der Waals surface area (Å²) >= 11 is 0. The number of rotatable bonds is 0. The van der Waals surface area contributed by atoms with Gasteiger partial charge in [0.1, 0.15) is 0 Å².